The first-order valence-electron chi connectivity index (χ1n) is 9.67. The summed E-state index contributed by atoms with van der Waals surface area (Å²) in [5.41, 5.74) is 3.26. The van der Waals surface area contributed by atoms with Gasteiger partial charge in [0.2, 0.25) is 5.91 Å². The van der Waals surface area contributed by atoms with Crippen LogP contribution < -0.4 is 15.6 Å². The number of aromatic amines is 1. The largest absolute Gasteiger partial charge is 0.457 e. The van der Waals surface area contributed by atoms with Crippen molar-refractivity contribution < 1.29 is 9.53 Å². The number of nitrogens with zero attached hydrogens (tertiary/aromatic N) is 2. The molecule has 1 amide bonds. The fraction of sp³-hybridized carbons (Fsp3) is 0.0833. The molecular weight excluding hydrogens is 392 g/mol. The highest BCUT2D eigenvalue weighted by Gasteiger charge is 2.19. The van der Waals surface area contributed by atoms with E-state index in [4.69, 9.17) is 4.74 Å². The molecule has 2 aromatic heterocycles. The van der Waals surface area contributed by atoms with Crippen LogP contribution in [0.4, 0.5) is 5.69 Å². The number of pyridine rings is 1. The van der Waals surface area contributed by atoms with Crippen LogP contribution in [0.5, 0.6) is 11.5 Å². The average molecular weight is 412 g/mol. The van der Waals surface area contributed by atoms with Crippen LogP contribution in [0.2, 0.25) is 0 Å². The Hall–Kier alpha value is -4.26. The number of ether oxygens (including phenoxy) is 1. The van der Waals surface area contributed by atoms with Gasteiger partial charge >= 0.3 is 0 Å². The van der Waals surface area contributed by atoms with Crippen molar-refractivity contribution in [2.24, 2.45) is 0 Å². The van der Waals surface area contributed by atoms with E-state index >= 15 is 0 Å². The molecule has 2 heterocycles. The summed E-state index contributed by atoms with van der Waals surface area (Å²) < 4.78 is 6.10. The fourth-order valence-corrected chi connectivity index (χ4v) is 3.30. The van der Waals surface area contributed by atoms with Crippen molar-refractivity contribution in [3.8, 4) is 33.9 Å². The fourth-order valence-electron chi connectivity index (χ4n) is 3.30. The third-order valence-corrected chi connectivity index (χ3v) is 4.68. The smallest absolute Gasteiger partial charge is 0.267 e. The Balaban J connectivity index is 1.88. The molecule has 4 aromatic rings. The summed E-state index contributed by atoms with van der Waals surface area (Å²) in [5.74, 6) is 1.08. The number of amides is 1. The highest BCUT2D eigenvalue weighted by molar-refractivity contribution is 5.91. The second kappa shape index (κ2) is 8.62. The average Bonchev–Trinajstić information content (AvgIpc) is 2.76. The van der Waals surface area contributed by atoms with Gasteiger partial charge in [-0.3, -0.25) is 14.6 Å². The number of anilines is 1. The van der Waals surface area contributed by atoms with Crippen LogP contribution in [0.1, 0.15) is 12.5 Å². The molecule has 0 fully saturated rings. The molecule has 31 heavy (non-hydrogen) atoms. The quantitative estimate of drug-likeness (QED) is 0.501. The van der Waals surface area contributed by atoms with Crippen molar-refractivity contribution in [1.29, 1.82) is 0 Å². The predicted molar refractivity (Wildman–Crippen MR) is 119 cm³/mol. The molecule has 0 spiro atoms. The summed E-state index contributed by atoms with van der Waals surface area (Å²) in [6, 6.07) is 18.7. The summed E-state index contributed by atoms with van der Waals surface area (Å²) in [5, 5.41) is 9.63. The summed E-state index contributed by atoms with van der Waals surface area (Å²) in [7, 11) is 0. The Bertz CT molecular complexity index is 1300. The van der Waals surface area contributed by atoms with Crippen LogP contribution in [0, 0.1) is 6.92 Å². The van der Waals surface area contributed by atoms with E-state index in [0.29, 0.717) is 45.1 Å². The van der Waals surface area contributed by atoms with E-state index in [1.807, 2.05) is 54.6 Å². The van der Waals surface area contributed by atoms with Crippen LogP contribution in [0.15, 0.2) is 77.9 Å². The Morgan fingerprint density at radius 1 is 1.03 bits per heavy atom. The second-order valence-electron chi connectivity index (χ2n) is 6.96. The zero-order chi connectivity index (χ0) is 21.8. The minimum atomic E-state index is -0.301. The number of carbonyl (C=O) groups excluding carboxylic acids is 1. The van der Waals surface area contributed by atoms with Crippen LogP contribution in [0.3, 0.4) is 0 Å². The first-order chi connectivity index (χ1) is 15.0. The standard InChI is InChI=1S/C24H20N4O3/c1-15-22(17-12-18(14-25-13-17)26-16(2)29)23(27-28-24(15)30)20-10-6-7-11-21(20)31-19-8-4-3-5-9-19/h3-14H,1-2H3,(H,26,29)(H,28,30). The van der Waals surface area contributed by atoms with Crippen molar-refractivity contribution in [2.45, 2.75) is 13.8 Å². The lowest BCUT2D eigenvalue weighted by Gasteiger charge is -2.15. The predicted octanol–water partition coefficient (Wildman–Crippen LogP) is 4.56. The molecule has 0 aliphatic heterocycles. The SMILES string of the molecule is CC(=O)Nc1cncc(-c2c(-c3ccccc3Oc3ccccc3)n[nH]c(=O)c2C)c1. The maximum Gasteiger partial charge on any atom is 0.267 e. The maximum atomic E-state index is 12.4. The number of H-pyrrole nitrogens is 1. The van der Waals surface area contributed by atoms with E-state index in [-0.39, 0.29) is 11.5 Å². The number of para-hydroxylation sites is 2. The molecule has 0 aliphatic rings. The summed E-state index contributed by atoms with van der Waals surface area (Å²) in [6.45, 7) is 3.15. The van der Waals surface area contributed by atoms with Gasteiger partial charge in [-0.2, -0.15) is 5.10 Å². The molecule has 4 rings (SSSR count). The van der Waals surface area contributed by atoms with E-state index in [1.165, 1.54) is 6.92 Å². The Kier molecular flexibility index (Phi) is 5.57. The molecular formula is C24H20N4O3. The minimum absolute atomic E-state index is 0.207. The van der Waals surface area contributed by atoms with Crippen LogP contribution in [-0.4, -0.2) is 21.1 Å². The van der Waals surface area contributed by atoms with Crippen LogP contribution in [0.25, 0.3) is 22.4 Å². The van der Waals surface area contributed by atoms with E-state index < -0.39 is 0 Å². The van der Waals surface area contributed by atoms with E-state index in [9.17, 15) is 9.59 Å². The number of carbonyl (C=O) groups is 1. The van der Waals surface area contributed by atoms with E-state index in [0.717, 1.165) is 0 Å². The molecule has 2 N–H and O–H groups in total. The first-order valence-corrected chi connectivity index (χ1v) is 9.67. The summed E-state index contributed by atoms with van der Waals surface area (Å²) >= 11 is 0. The van der Waals surface area contributed by atoms with Crippen molar-refractivity contribution >= 4 is 11.6 Å². The third-order valence-electron chi connectivity index (χ3n) is 4.68. The number of benzene rings is 2. The number of aromatic nitrogens is 3. The summed E-state index contributed by atoms with van der Waals surface area (Å²) in [4.78, 5) is 28.1. The van der Waals surface area contributed by atoms with E-state index in [2.05, 4.69) is 20.5 Å². The van der Waals surface area contributed by atoms with Gasteiger partial charge < -0.3 is 10.1 Å². The molecule has 0 aliphatic carbocycles. The Labute approximate surface area is 178 Å². The van der Waals surface area contributed by atoms with Gasteiger partial charge in [0.1, 0.15) is 17.2 Å². The normalized spacial score (nSPS) is 10.5. The van der Waals surface area contributed by atoms with Crippen LogP contribution in [-0.2, 0) is 4.79 Å². The lowest BCUT2D eigenvalue weighted by Crippen LogP contribution is -2.14. The highest BCUT2D eigenvalue weighted by Crippen LogP contribution is 2.38. The van der Waals surface area contributed by atoms with E-state index in [1.54, 1.807) is 25.4 Å². The molecule has 0 bridgehead atoms. The Morgan fingerprint density at radius 2 is 1.77 bits per heavy atom. The van der Waals surface area contributed by atoms with Crippen molar-refractivity contribution in [1.82, 2.24) is 15.2 Å². The zero-order valence-electron chi connectivity index (χ0n) is 17.0. The molecule has 0 radical (unpaired) electrons. The zero-order valence-corrected chi connectivity index (χ0v) is 17.0. The molecule has 2 aromatic carbocycles. The molecule has 7 nitrogen and oxygen atoms in total. The first kappa shape index (κ1) is 20.0. The second-order valence-corrected chi connectivity index (χ2v) is 6.96. The molecule has 0 saturated carbocycles. The van der Waals surface area contributed by atoms with Crippen LogP contribution >= 0.6 is 0 Å². The van der Waals surface area contributed by atoms with Gasteiger partial charge in [-0.15, -0.1) is 0 Å². The number of nitrogens with one attached hydrogen (secondary N) is 2. The van der Waals surface area contributed by atoms with Gasteiger partial charge in [-0.1, -0.05) is 30.3 Å². The number of rotatable bonds is 5. The minimum Gasteiger partial charge on any atom is -0.457 e. The molecule has 0 unspecified atom stereocenters. The van der Waals surface area contributed by atoms with Gasteiger partial charge in [0.25, 0.3) is 5.56 Å². The number of hydrogen-bond donors (Lipinski definition) is 2. The van der Waals surface area contributed by atoms with Gasteiger partial charge in [0.15, 0.2) is 0 Å². The lowest BCUT2D eigenvalue weighted by molar-refractivity contribution is -0.114. The third kappa shape index (κ3) is 4.35. The molecule has 154 valence electrons. The molecule has 0 saturated heterocycles. The maximum absolute atomic E-state index is 12.4. The topological polar surface area (TPSA) is 97.0 Å². The Morgan fingerprint density at radius 3 is 2.55 bits per heavy atom. The summed E-state index contributed by atoms with van der Waals surface area (Å²) in [6.07, 6.45) is 3.19. The highest BCUT2D eigenvalue weighted by atomic mass is 16.5. The molecule has 0 atom stereocenters. The van der Waals surface area contributed by atoms with Gasteiger partial charge in [0, 0.05) is 35.4 Å². The lowest BCUT2D eigenvalue weighted by atomic mass is 9.96. The van der Waals surface area contributed by atoms with Gasteiger partial charge in [0.05, 0.1) is 11.9 Å². The van der Waals surface area contributed by atoms with Crippen molar-refractivity contribution in [2.75, 3.05) is 5.32 Å². The monoisotopic (exact) mass is 412 g/mol. The van der Waals surface area contributed by atoms with Gasteiger partial charge in [-0.25, -0.2) is 5.10 Å². The molecule has 7 heteroatoms. The van der Waals surface area contributed by atoms with Gasteiger partial charge in [-0.05, 0) is 37.3 Å². The van der Waals surface area contributed by atoms with Crippen molar-refractivity contribution in [3.63, 3.8) is 0 Å². The van der Waals surface area contributed by atoms with Crippen molar-refractivity contribution in [3.05, 3.63) is 89.0 Å². The number of hydrogen-bond acceptors (Lipinski definition) is 5.